The summed E-state index contributed by atoms with van der Waals surface area (Å²) in [5, 5.41) is 16.4. The van der Waals surface area contributed by atoms with Crippen LogP contribution in [-0.4, -0.2) is 37.4 Å². The molecule has 0 heterocycles. The number of ether oxygens (including phenoxy) is 2. The standard InChI is InChI=1S/C16H27N3O3.HI/c1-7-17-15(19-16(2,3)4)18-10-11-8-12(21-5)14(20)13(9-11)22-6;/h8-9,20H,7,10H2,1-6H3,(H2,17,18,19);1H. The molecule has 0 unspecified atom stereocenters. The molecular weight excluding hydrogens is 409 g/mol. The Hall–Kier alpha value is -1.38. The van der Waals surface area contributed by atoms with Gasteiger partial charge in [0.25, 0.3) is 0 Å². The molecule has 3 N–H and O–H groups in total. The topological polar surface area (TPSA) is 75.1 Å². The molecule has 1 aromatic carbocycles. The zero-order valence-electron chi connectivity index (χ0n) is 14.7. The molecule has 132 valence electrons. The zero-order chi connectivity index (χ0) is 16.8. The van der Waals surface area contributed by atoms with Gasteiger partial charge in [0.1, 0.15) is 0 Å². The van der Waals surface area contributed by atoms with E-state index in [9.17, 15) is 5.11 Å². The minimum absolute atomic E-state index is 0. The number of aromatic hydroxyl groups is 1. The number of guanidine groups is 1. The molecular formula is C16H28IN3O3. The molecule has 6 nitrogen and oxygen atoms in total. The second-order valence-electron chi connectivity index (χ2n) is 5.92. The molecule has 7 heteroatoms. The molecule has 0 bridgehead atoms. The minimum Gasteiger partial charge on any atom is -0.502 e. The summed E-state index contributed by atoms with van der Waals surface area (Å²) in [4.78, 5) is 4.55. The van der Waals surface area contributed by atoms with Crippen molar-refractivity contribution >= 4 is 29.9 Å². The average Bonchev–Trinajstić information content (AvgIpc) is 2.44. The first-order chi connectivity index (χ1) is 10.3. The van der Waals surface area contributed by atoms with Gasteiger partial charge in [-0.1, -0.05) is 0 Å². The number of benzene rings is 1. The fourth-order valence-corrected chi connectivity index (χ4v) is 1.87. The molecule has 0 saturated carbocycles. The van der Waals surface area contributed by atoms with Crippen LogP contribution in [0.4, 0.5) is 0 Å². The summed E-state index contributed by atoms with van der Waals surface area (Å²) in [6, 6.07) is 3.50. The Labute approximate surface area is 155 Å². The smallest absolute Gasteiger partial charge is 0.200 e. The summed E-state index contributed by atoms with van der Waals surface area (Å²) in [5.41, 5.74) is 0.809. The molecule has 0 radical (unpaired) electrons. The number of aliphatic imine (C=N–C) groups is 1. The summed E-state index contributed by atoms with van der Waals surface area (Å²) < 4.78 is 10.3. The highest BCUT2D eigenvalue weighted by atomic mass is 127. The van der Waals surface area contributed by atoms with Gasteiger partial charge in [0.05, 0.1) is 20.8 Å². The predicted molar refractivity (Wildman–Crippen MR) is 104 cm³/mol. The average molecular weight is 437 g/mol. The second kappa shape index (κ2) is 9.69. The van der Waals surface area contributed by atoms with Gasteiger partial charge in [-0.25, -0.2) is 4.99 Å². The van der Waals surface area contributed by atoms with Gasteiger partial charge in [-0.3, -0.25) is 0 Å². The fourth-order valence-electron chi connectivity index (χ4n) is 1.87. The van der Waals surface area contributed by atoms with Gasteiger partial charge < -0.3 is 25.2 Å². The number of phenolic OH excluding ortho intramolecular Hbond substituents is 1. The van der Waals surface area contributed by atoms with Crippen molar-refractivity contribution in [3.8, 4) is 17.2 Å². The van der Waals surface area contributed by atoms with E-state index in [1.165, 1.54) is 14.2 Å². The number of nitrogens with zero attached hydrogens (tertiary/aromatic N) is 1. The predicted octanol–water partition coefficient (Wildman–Crippen LogP) is 2.88. The fraction of sp³-hybridized carbons (Fsp3) is 0.562. The molecule has 0 spiro atoms. The van der Waals surface area contributed by atoms with Crippen LogP contribution in [0.3, 0.4) is 0 Å². The molecule has 23 heavy (non-hydrogen) atoms. The highest BCUT2D eigenvalue weighted by Gasteiger charge is 2.13. The van der Waals surface area contributed by atoms with E-state index < -0.39 is 0 Å². The molecule has 0 amide bonds. The van der Waals surface area contributed by atoms with Gasteiger partial charge in [-0.2, -0.15) is 0 Å². The van der Waals surface area contributed by atoms with E-state index in [-0.39, 0.29) is 35.3 Å². The lowest BCUT2D eigenvalue weighted by Crippen LogP contribution is -2.47. The summed E-state index contributed by atoms with van der Waals surface area (Å²) >= 11 is 0. The van der Waals surface area contributed by atoms with Gasteiger partial charge in [-0.15, -0.1) is 24.0 Å². The molecule has 0 aliphatic rings. The highest BCUT2D eigenvalue weighted by Crippen LogP contribution is 2.37. The Morgan fingerprint density at radius 3 is 2.09 bits per heavy atom. The zero-order valence-corrected chi connectivity index (χ0v) is 17.0. The van der Waals surface area contributed by atoms with Crippen molar-refractivity contribution in [2.75, 3.05) is 20.8 Å². The van der Waals surface area contributed by atoms with Crippen molar-refractivity contribution in [2.45, 2.75) is 39.8 Å². The normalized spacial score (nSPS) is 11.5. The number of hydrogen-bond acceptors (Lipinski definition) is 4. The summed E-state index contributed by atoms with van der Waals surface area (Å²) in [6.07, 6.45) is 0. The van der Waals surface area contributed by atoms with Crippen LogP contribution in [0.1, 0.15) is 33.3 Å². The van der Waals surface area contributed by atoms with Crippen molar-refractivity contribution in [3.05, 3.63) is 17.7 Å². The van der Waals surface area contributed by atoms with Gasteiger partial charge in [0.15, 0.2) is 17.5 Å². The van der Waals surface area contributed by atoms with E-state index in [0.29, 0.717) is 18.0 Å². The molecule has 0 atom stereocenters. The maximum Gasteiger partial charge on any atom is 0.200 e. The maximum absolute atomic E-state index is 9.92. The number of phenols is 1. The van der Waals surface area contributed by atoms with E-state index in [1.54, 1.807) is 12.1 Å². The lowest BCUT2D eigenvalue weighted by molar-refractivity contribution is 0.339. The van der Waals surface area contributed by atoms with E-state index in [0.717, 1.165) is 18.1 Å². The largest absolute Gasteiger partial charge is 0.502 e. The maximum atomic E-state index is 9.92. The first kappa shape index (κ1) is 21.6. The van der Waals surface area contributed by atoms with Crippen molar-refractivity contribution in [1.82, 2.24) is 10.6 Å². The molecule has 0 saturated heterocycles. The van der Waals surface area contributed by atoms with Crippen molar-refractivity contribution < 1.29 is 14.6 Å². The van der Waals surface area contributed by atoms with Crippen LogP contribution in [0.25, 0.3) is 0 Å². The second-order valence-corrected chi connectivity index (χ2v) is 5.92. The van der Waals surface area contributed by atoms with Crippen molar-refractivity contribution in [1.29, 1.82) is 0 Å². The van der Waals surface area contributed by atoms with Gasteiger partial charge in [0, 0.05) is 12.1 Å². The van der Waals surface area contributed by atoms with E-state index in [2.05, 4.69) is 36.4 Å². The Kier molecular flexibility index (Phi) is 9.11. The SMILES string of the molecule is CCNC(=NCc1cc(OC)c(O)c(OC)c1)NC(C)(C)C.I. The number of halogens is 1. The van der Waals surface area contributed by atoms with Crippen LogP contribution in [0.5, 0.6) is 17.2 Å². The quantitative estimate of drug-likeness (QED) is 0.375. The lowest BCUT2D eigenvalue weighted by atomic mass is 10.1. The summed E-state index contributed by atoms with van der Waals surface area (Å²) in [7, 11) is 3.01. The first-order valence-electron chi connectivity index (χ1n) is 7.31. The third-order valence-electron chi connectivity index (χ3n) is 2.80. The van der Waals surface area contributed by atoms with E-state index in [1.807, 2.05) is 6.92 Å². The molecule has 0 aliphatic carbocycles. The summed E-state index contributed by atoms with van der Waals surface area (Å²) in [6.45, 7) is 9.47. The van der Waals surface area contributed by atoms with Crippen LogP contribution >= 0.6 is 24.0 Å². The Balaban J connectivity index is 0.00000484. The van der Waals surface area contributed by atoms with Crippen LogP contribution < -0.4 is 20.1 Å². The highest BCUT2D eigenvalue weighted by molar-refractivity contribution is 14.0. The summed E-state index contributed by atoms with van der Waals surface area (Å²) in [5.74, 6) is 1.48. The van der Waals surface area contributed by atoms with Gasteiger partial charge >= 0.3 is 0 Å². The lowest BCUT2D eigenvalue weighted by Gasteiger charge is -2.23. The number of rotatable bonds is 5. The Bertz CT molecular complexity index is 503. The molecule has 1 rings (SSSR count). The van der Waals surface area contributed by atoms with Crippen molar-refractivity contribution in [3.63, 3.8) is 0 Å². The Morgan fingerprint density at radius 2 is 1.70 bits per heavy atom. The molecule has 0 aromatic heterocycles. The number of hydrogen-bond donors (Lipinski definition) is 3. The van der Waals surface area contributed by atoms with Crippen LogP contribution in [0, 0.1) is 0 Å². The van der Waals surface area contributed by atoms with Crippen LogP contribution in [0.15, 0.2) is 17.1 Å². The van der Waals surface area contributed by atoms with E-state index in [4.69, 9.17) is 9.47 Å². The molecule has 0 fully saturated rings. The number of methoxy groups -OCH3 is 2. The van der Waals surface area contributed by atoms with Gasteiger partial charge in [-0.05, 0) is 45.4 Å². The first-order valence-corrected chi connectivity index (χ1v) is 7.31. The van der Waals surface area contributed by atoms with E-state index >= 15 is 0 Å². The monoisotopic (exact) mass is 437 g/mol. The van der Waals surface area contributed by atoms with Crippen LogP contribution in [-0.2, 0) is 6.54 Å². The third-order valence-corrected chi connectivity index (χ3v) is 2.80. The van der Waals surface area contributed by atoms with Crippen LogP contribution in [0.2, 0.25) is 0 Å². The molecule has 1 aromatic rings. The Morgan fingerprint density at radius 1 is 1.17 bits per heavy atom. The van der Waals surface area contributed by atoms with Crippen molar-refractivity contribution in [2.24, 2.45) is 4.99 Å². The number of nitrogens with one attached hydrogen (secondary N) is 2. The minimum atomic E-state index is -0.0780. The van der Waals surface area contributed by atoms with Gasteiger partial charge in [0.2, 0.25) is 5.75 Å². The third kappa shape index (κ3) is 7.15. The molecule has 0 aliphatic heterocycles.